The molecule has 0 aliphatic carbocycles. The number of likely N-dealkylation sites (tertiary alicyclic amines) is 1. The van der Waals surface area contributed by atoms with Crippen LogP contribution in [0.15, 0.2) is 29.2 Å². The van der Waals surface area contributed by atoms with Crippen LogP contribution in [0.25, 0.3) is 0 Å². The van der Waals surface area contributed by atoms with Crippen molar-refractivity contribution in [1.29, 1.82) is 0 Å². The van der Waals surface area contributed by atoms with Crippen molar-refractivity contribution < 1.29 is 18.1 Å². The number of nitro benzene ring substituents is 1. The van der Waals surface area contributed by atoms with Crippen molar-refractivity contribution in [2.75, 3.05) is 13.1 Å². The first-order chi connectivity index (χ1) is 11.7. The lowest BCUT2D eigenvalue weighted by Crippen LogP contribution is -2.48. The molecule has 1 N–H and O–H groups in total. The summed E-state index contributed by atoms with van der Waals surface area (Å²) < 4.78 is 27.7. The molecular formula is C16H23N3O5S. The molecule has 0 bridgehead atoms. The molecule has 1 aromatic carbocycles. The molecule has 0 saturated carbocycles. The van der Waals surface area contributed by atoms with E-state index in [4.69, 9.17) is 0 Å². The molecule has 1 saturated heterocycles. The second-order valence-electron chi connectivity index (χ2n) is 6.59. The number of rotatable bonds is 7. The summed E-state index contributed by atoms with van der Waals surface area (Å²) >= 11 is 0. The molecule has 1 atom stereocenters. The molecule has 138 valence electrons. The number of benzene rings is 1. The average Bonchev–Trinajstić information content (AvgIpc) is 3.07. The van der Waals surface area contributed by atoms with E-state index in [0.29, 0.717) is 19.5 Å². The maximum atomic E-state index is 12.7. The fourth-order valence-corrected chi connectivity index (χ4v) is 4.09. The predicted molar refractivity (Wildman–Crippen MR) is 92.5 cm³/mol. The van der Waals surface area contributed by atoms with Gasteiger partial charge in [-0.25, -0.2) is 8.42 Å². The molecule has 1 aliphatic rings. The van der Waals surface area contributed by atoms with Gasteiger partial charge in [0, 0.05) is 25.2 Å². The van der Waals surface area contributed by atoms with Crippen molar-refractivity contribution in [3.63, 3.8) is 0 Å². The Morgan fingerprint density at radius 1 is 1.32 bits per heavy atom. The van der Waals surface area contributed by atoms with E-state index in [1.54, 1.807) is 4.90 Å². The predicted octanol–water partition coefficient (Wildman–Crippen LogP) is 1.91. The van der Waals surface area contributed by atoms with Gasteiger partial charge in [0.15, 0.2) is 0 Å². The maximum Gasteiger partial charge on any atom is 0.270 e. The SMILES string of the molecule is CC(C)C[C@H](NS(=O)(=O)c1cccc([N+](=O)[O-])c1)C(=O)N1CCCC1. The molecule has 1 fully saturated rings. The van der Waals surface area contributed by atoms with Crippen LogP contribution >= 0.6 is 0 Å². The Labute approximate surface area is 147 Å². The zero-order valence-corrected chi connectivity index (χ0v) is 15.2. The Morgan fingerprint density at radius 2 is 1.96 bits per heavy atom. The first kappa shape index (κ1) is 19.3. The van der Waals surface area contributed by atoms with Gasteiger partial charge >= 0.3 is 0 Å². The van der Waals surface area contributed by atoms with E-state index < -0.39 is 21.0 Å². The number of hydrogen-bond acceptors (Lipinski definition) is 5. The van der Waals surface area contributed by atoms with Crippen LogP contribution < -0.4 is 4.72 Å². The molecule has 8 nitrogen and oxygen atoms in total. The number of sulfonamides is 1. The molecule has 0 radical (unpaired) electrons. The third-order valence-electron chi connectivity index (χ3n) is 4.06. The highest BCUT2D eigenvalue weighted by atomic mass is 32.2. The van der Waals surface area contributed by atoms with E-state index in [-0.39, 0.29) is 22.4 Å². The van der Waals surface area contributed by atoms with E-state index in [0.717, 1.165) is 18.9 Å². The molecule has 1 amide bonds. The van der Waals surface area contributed by atoms with Gasteiger partial charge in [-0.1, -0.05) is 19.9 Å². The standard InChI is InChI=1S/C16H23N3O5S/c1-12(2)10-15(16(20)18-8-3-4-9-18)17-25(23,24)14-7-5-6-13(11-14)19(21)22/h5-7,11-12,15,17H,3-4,8-10H2,1-2H3/t15-/m0/s1. The maximum absolute atomic E-state index is 12.7. The molecular weight excluding hydrogens is 346 g/mol. The highest BCUT2D eigenvalue weighted by Crippen LogP contribution is 2.20. The molecule has 9 heteroatoms. The Kier molecular flexibility index (Phi) is 6.12. The summed E-state index contributed by atoms with van der Waals surface area (Å²) in [6.45, 7) is 5.08. The van der Waals surface area contributed by atoms with Gasteiger partial charge in [0.1, 0.15) is 6.04 Å². The fraction of sp³-hybridized carbons (Fsp3) is 0.562. The van der Waals surface area contributed by atoms with E-state index >= 15 is 0 Å². The Morgan fingerprint density at radius 3 is 2.52 bits per heavy atom. The first-order valence-corrected chi connectivity index (χ1v) is 9.74. The minimum absolute atomic E-state index is 0.115. The number of nitrogens with one attached hydrogen (secondary N) is 1. The lowest BCUT2D eigenvalue weighted by Gasteiger charge is -2.25. The molecule has 0 unspecified atom stereocenters. The summed E-state index contributed by atoms with van der Waals surface area (Å²) in [7, 11) is -4.04. The number of carbonyl (C=O) groups excluding carboxylic acids is 1. The third-order valence-corrected chi connectivity index (χ3v) is 5.53. The van der Waals surface area contributed by atoms with Crippen LogP contribution in [-0.2, 0) is 14.8 Å². The zero-order chi connectivity index (χ0) is 18.6. The van der Waals surface area contributed by atoms with Gasteiger partial charge < -0.3 is 4.90 Å². The molecule has 1 aromatic rings. The highest BCUT2D eigenvalue weighted by molar-refractivity contribution is 7.89. The quantitative estimate of drug-likeness (QED) is 0.583. The number of nitrogens with zero attached hydrogens (tertiary/aromatic N) is 2. The molecule has 2 rings (SSSR count). The van der Waals surface area contributed by atoms with Gasteiger partial charge in [0.05, 0.1) is 9.82 Å². The van der Waals surface area contributed by atoms with Crippen LogP contribution in [0.2, 0.25) is 0 Å². The molecule has 25 heavy (non-hydrogen) atoms. The average molecular weight is 369 g/mol. The van der Waals surface area contributed by atoms with Crippen molar-refractivity contribution in [2.45, 2.75) is 44.0 Å². The van der Waals surface area contributed by atoms with Gasteiger partial charge in [-0.15, -0.1) is 0 Å². The number of non-ortho nitro benzene ring substituents is 1. The largest absolute Gasteiger partial charge is 0.341 e. The van der Waals surface area contributed by atoms with Crippen LogP contribution in [-0.4, -0.2) is 43.3 Å². The van der Waals surface area contributed by atoms with Crippen LogP contribution in [0, 0.1) is 16.0 Å². The third kappa shape index (κ3) is 4.99. The van der Waals surface area contributed by atoms with Crippen molar-refractivity contribution in [2.24, 2.45) is 5.92 Å². The topological polar surface area (TPSA) is 110 Å². The van der Waals surface area contributed by atoms with Gasteiger partial charge in [-0.05, 0) is 31.2 Å². The van der Waals surface area contributed by atoms with Gasteiger partial charge in [-0.3, -0.25) is 14.9 Å². The summed E-state index contributed by atoms with van der Waals surface area (Å²) in [4.78, 5) is 24.3. The van der Waals surface area contributed by atoms with Gasteiger partial charge in [0.2, 0.25) is 15.9 Å². The molecule has 0 aromatic heterocycles. The molecule has 1 heterocycles. The normalized spacial score (nSPS) is 16.2. The summed E-state index contributed by atoms with van der Waals surface area (Å²) in [5.74, 6) is -0.121. The van der Waals surface area contributed by atoms with Gasteiger partial charge in [-0.2, -0.15) is 4.72 Å². The first-order valence-electron chi connectivity index (χ1n) is 8.26. The summed E-state index contributed by atoms with van der Waals surface area (Å²) in [6.07, 6.45) is 2.19. The number of hydrogen-bond donors (Lipinski definition) is 1. The van der Waals surface area contributed by atoms with E-state index in [2.05, 4.69) is 4.72 Å². The lowest BCUT2D eigenvalue weighted by atomic mass is 10.0. The summed E-state index contributed by atoms with van der Waals surface area (Å²) in [6, 6.07) is 3.94. The van der Waals surface area contributed by atoms with Crippen molar-refractivity contribution in [3.8, 4) is 0 Å². The van der Waals surface area contributed by atoms with Crippen molar-refractivity contribution in [3.05, 3.63) is 34.4 Å². The van der Waals surface area contributed by atoms with Crippen molar-refractivity contribution in [1.82, 2.24) is 9.62 Å². The van der Waals surface area contributed by atoms with E-state index in [1.807, 2.05) is 13.8 Å². The van der Waals surface area contributed by atoms with Crippen LogP contribution in [0.1, 0.15) is 33.1 Å². The second kappa shape index (κ2) is 7.92. The number of nitro groups is 1. The summed E-state index contributed by atoms with van der Waals surface area (Å²) in [5.41, 5.74) is -0.311. The Balaban J connectivity index is 2.25. The van der Waals surface area contributed by atoms with Crippen LogP contribution in [0.5, 0.6) is 0 Å². The number of carbonyl (C=O) groups is 1. The fourth-order valence-electron chi connectivity index (χ4n) is 2.85. The lowest BCUT2D eigenvalue weighted by molar-refractivity contribution is -0.385. The van der Waals surface area contributed by atoms with Crippen LogP contribution in [0.3, 0.4) is 0 Å². The Hall–Kier alpha value is -2.00. The van der Waals surface area contributed by atoms with Crippen molar-refractivity contribution >= 4 is 21.6 Å². The van der Waals surface area contributed by atoms with E-state index in [1.165, 1.54) is 18.2 Å². The van der Waals surface area contributed by atoms with Gasteiger partial charge in [0.25, 0.3) is 5.69 Å². The zero-order valence-electron chi connectivity index (χ0n) is 14.3. The number of amides is 1. The smallest absolute Gasteiger partial charge is 0.270 e. The monoisotopic (exact) mass is 369 g/mol. The van der Waals surface area contributed by atoms with Crippen LogP contribution in [0.4, 0.5) is 5.69 Å². The highest BCUT2D eigenvalue weighted by Gasteiger charge is 2.31. The van der Waals surface area contributed by atoms with E-state index in [9.17, 15) is 23.3 Å². The minimum Gasteiger partial charge on any atom is -0.341 e. The molecule has 0 spiro atoms. The minimum atomic E-state index is -4.04. The molecule has 1 aliphatic heterocycles. The Bertz CT molecular complexity index is 742. The second-order valence-corrected chi connectivity index (χ2v) is 8.30. The summed E-state index contributed by atoms with van der Waals surface area (Å²) in [5, 5.41) is 10.9.